The molecule has 5 heteroatoms. The van der Waals surface area contributed by atoms with Crippen molar-refractivity contribution in [3.8, 4) is 0 Å². The summed E-state index contributed by atoms with van der Waals surface area (Å²) in [6, 6.07) is 0. The third-order valence-electron chi connectivity index (χ3n) is 3.13. The monoisotopic (exact) mass is 242 g/mol. The van der Waals surface area contributed by atoms with Gasteiger partial charge in [0.15, 0.2) is 0 Å². The summed E-state index contributed by atoms with van der Waals surface area (Å²) in [6.07, 6.45) is 3.06. The van der Waals surface area contributed by atoms with Crippen molar-refractivity contribution in [2.45, 2.75) is 32.6 Å². The number of aliphatic hydroxyl groups excluding tert-OH is 1. The van der Waals surface area contributed by atoms with Crippen molar-refractivity contribution in [3.63, 3.8) is 0 Å². The fourth-order valence-electron chi connectivity index (χ4n) is 1.99. The molecule has 1 heterocycles. The number of unbranched alkanes of at least 4 members (excludes halogenated alkanes) is 2. The van der Waals surface area contributed by atoms with Crippen molar-refractivity contribution in [1.29, 1.82) is 0 Å². The molecule has 0 saturated carbocycles. The van der Waals surface area contributed by atoms with E-state index < -0.39 is 0 Å². The van der Waals surface area contributed by atoms with Crippen LogP contribution >= 0.6 is 0 Å². The summed E-state index contributed by atoms with van der Waals surface area (Å²) in [7, 11) is 0. The van der Waals surface area contributed by atoms with Gasteiger partial charge in [-0.1, -0.05) is 6.42 Å². The molecule has 0 aromatic heterocycles. The maximum absolute atomic E-state index is 11.8. The Balaban J connectivity index is 2.19. The van der Waals surface area contributed by atoms with Gasteiger partial charge >= 0.3 is 0 Å². The van der Waals surface area contributed by atoms with Crippen LogP contribution in [-0.4, -0.2) is 59.5 Å². The van der Waals surface area contributed by atoms with E-state index in [9.17, 15) is 9.59 Å². The standard InChI is InChI=1S/C12H22N2O3/c1-11(16)13-6-8-14(9-7-13)12(17)5-3-2-4-10-15/h15H,2-10H2,1H3. The van der Waals surface area contributed by atoms with Gasteiger partial charge in [0.2, 0.25) is 11.8 Å². The Kier molecular flexibility index (Phi) is 5.97. The molecule has 0 aromatic carbocycles. The van der Waals surface area contributed by atoms with Crippen molar-refractivity contribution in [3.05, 3.63) is 0 Å². The fourth-order valence-corrected chi connectivity index (χ4v) is 1.99. The second kappa shape index (κ2) is 7.27. The summed E-state index contributed by atoms with van der Waals surface area (Å²) in [5.41, 5.74) is 0. The number of amides is 2. The van der Waals surface area contributed by atoms with E-state index in [-0.39, 0.29) is 18.4 Å². The van der Waals surface area contributed by atoms with Crippen LogP contribution in [0.1, 0.15) is 32.6 Å². The predicted molar refractivity (Wildman–Crippen MR) is 64.4 cm³/mol. The third-order valence-corrected chi connectivity index (χ3v) is 3.13. The van der Waals surface area contributed by atoms with E-state index in [1.807, 2.05) is 4.90 Å². The van der Waals surface area contributed by atoms with Gasteiger partial charge in [0.05, 0.1) is 0 Å². The zero-order valence-electron chi connectivity index (χ0n) is 10.5. The van der Waals surface area contributed by atoms with Crippen LogP contribution in [0.25, 0.3) is 0 Å². The Morgan fingerprint density at radius 3 is 2.12 bits per heavy atom. The number of carbonyl (C=O) groups is 2. The molecule has 5 nitrogen and oxygen atoms in total. The first kappa shape index (κ1) is 14.0. The highest BCUT2D eigenvalue weighted by molar-refractivity contribution is 5.77. The van der Waals surface area contributed by atoms with Gasteiger partial charge in [-0.2, -0.15) is 0 Å². The Labute approximate surface area is 102 Å². The van der Waals surface area contributed by atoms with E-state index in [1.165, 1.54) is 0 Å². The van der Waals surface area contributed by atoms with Crippen molar-refractivity contribution < 1.29 is 14.7 Å². The summed E-state index contributed by atoms with van der Waals surface area (Å²) < 4.78 is 0. The second-order valence-electron chi connectivity index (χ2n) is 4.42. The average Bonchev–Trinajstić information content (AvgIpc) is 2.34. The number of nitrogens with zero attached hydrogens (tertiary/aromatic N) is 2. The molecule has 0 radical (unpaired) electrons. The zero-order chi connectivity index (χ0) is 12.7. The highest BCUT2D eigenvalue weighted by Gasteiger charge is 2.21. The van der Waals surface area contributed by atoms with E-state index >= 15 is 0 Å². The van der Waals surface area contributed by atoms with Gasteiger partial charge in [0.1, 0.15) is 0 Å². The van der Waals surface area contributed by atoms with Gasteiger partial charge in [-0.3, -0.25) is 9.59 Å². The van der Waals surface area contributed by atoms with E-state index in [0.717, 1.165) is 19.3 Å². The fraction of sp³-hybridized carbons (Fsp3) is 0.833. The van der Waals surface area contributed by atoms with Gasteiger partial charge < -0.3 is 14.9 Å². The van der Waals surface area contributed by atoms with Gasteiger partial charge in [-0.15, -0.1) is 0 Å². The van der Waals surface area contributed by atoms with Crippen LogP contribution in [0.2, 0.25) is 0 Å². The molecule has 0 aliphatic carbocycles. The molecule has 1 saturated heterocycles. The minimum atomic E-state index is 0.0834. The Morgan fingerprint density at radius 1 is 1.00 bits per heavy atom. The first-order chi connectivity index (χ1) is 8.15. The topological polar surface area (TPSA) is 60.9 Å². The van der Waals surface area contributed by atoms with Crippen LogP contribution < -0.4 is 0 Å². The van der Waals surface area contributed by atoms with Crippen LogP contribution in [0.5, 0.6) is 0 Å². The molecule has 0 unspecified atom stereocenters. The van der Waals surface area contributed by atoms with Crippen molar-refractivity contribution in [2.24, 2.45) is 0 Å². The van der Waals surface area contributed by atoms with Crippen LogP contribution in [0.15, 0.2) is 0 Å². The minimum absolute atomic E-state index is 0.0834. The quantitative estimate of drug-likeness (QED) is 0.702. The van der Waals surface area contributed by atoms with Crippen LogP contribution in [-0.2, 0) is 9.59 Å². The SMILES string of the molecule is CC(=O)N1CCN(C(=O)CCCCCO)CC1. The lowest BCUT2D eigenvalue weighted by atomic mass is 10.1. The number of rotatable bonds is 5. The molecule has 0 spiro atoms. The maximum Gasteiger partial charge on any atom is 0.222 e. The molecule has 0 atom stereocenters. The number of piperazine rings is 1. The molecule has 17 heavy (non-hydrogen) atoms. The zero-order valence-corrected chi connectivity index (χ0v) is 10.5. The molecular weight excluding hydrogens is 220 g/mol. The largest absolute Gasteiger partial charge is 0.396 e. The normalized spacial score (nSPS) is 16.1. The molecule has 1 fully saturated rings. The minimum Gasteiger partial charge on any atom is -0.396 e. The lowest BCUT2D eigenvalue weighted by Gasteiger charge is -2.34. The van der Waals surface area contributed by atoms with Crippen molar-refractivity contribution in [2.75, 3.05) is 32.8 Å². The molecule has 98 valence electrons. The van der Waals surface area contributed by atoms with E-state index in [1.54, 1.807) is 11.8 Å². The second-order valence-corrected chi connectivity index (χ2v) is 4.42. The van der Waals surface area contributed by atoms with Gasteiger partial charge in [0.25, 0.3) is 0 Å². The number of carbonyl (C=O) groups excluding carboxylic acids is 2. The molecular formula is C12H22N2O3. The van der Waals surface area contributed by atoms with Crippen LogP contribution in [0, 0.1) is 0 Å². The molecule has 1 rings (SSSR count). The van der Waals surface area contributed by atoms with Crippen molar-refractivity contribution >= 4 is 11.8 Å². The van der Waals surface area contributed by atoms with Crippen molar-refractivity contribution in [1.82, 2.24) is 9.80 Å². The van der Waals surface area contributed by atoms with Crippen LogP contribution in [0.3, 0.4) is 0 Å². The smallest absolute Gasteiger partial charge is 0.222 e. The molecule has 1 aliphatic rings. The molecule has 0 bridgehead atoms. The first-order valence-electron chi connectivity index (χ1n) is 6.29. The predicted octanol–water partition coefficient (Wildman–Crippen LogP) is 0.230. The van der Waals surface area contributed by atoms with Gasteiger partial charge in [-0.05, 0) is 12.8 Å². The summed E-state index contributed by atoms with van der Waals surface area (Å²) in [5, 5.41) is 8.63. The Hall–Kier alpha value is -1.10. The van der Waals surface area contributed by atoms with E-state index in [2.05, 4.69) is 0 Å². The number of hydrogen-bond donors (Lipinski definition) is 1. The average molecular weight is 242 g/mol. The molecule has 0 aromatic rings. The lowest BCUT2D eigenvalue weighted by Crippen LogP contribution is -2.50. The van der Waals surface area contributed by atoms with Gasteiger partial charge in [0, 0.05) is 46.1 Å². The number of aliphatic hydroxyl groups is 1. The molecule has 1 aliphatic heterocycles. The van der Waals surface area contributed by atoms with Crippen LogP contribution in [0.4, 0.5) is 0 Å². The highest BCUT2D eigenvalue weighted by Crippen LogP contribution is 2.07. The van der Waals surface area contributed by atoms with Gasteiger partial charge in [-0.25, -0.2) is 0 Å². The van der Waals surface area contributed by atoms with E-state index in [0.29, 0.717) is 32.6 Å². The molecule has 1 N–H and O–H groups in total. The maximum atomic E-state index is 11.8. The summed E-state index contributed by atoms with van der Waals surface area (Å²) in [6.45, 7) is 4.37. The number of hydrogen-bond acceptors (Lipinski definition) is 3. The molecule has 2 amide bonds. The highest BCUT2D eigenvalue weighted by atomic mass is 16.3. The Morgan fingerprint density at radius 2 is 1.59 bits per heavy atom. The van der Waals surface area contributed by atoms with E-state index in [4.69, 9.17) is 5.11 Å². The summed E-state index contributed by atoms with van der Waals surface area (Å²) >= 11 is 0. The third kappa shape index (κ3) is 4.73. The Bertz CT molecular complexity index is 260. The summed E-state index contributed by atoms with van der Waals surface area (Å²) in [5.74, 6) is 0.256. The summed E-state index contributed by atoms with van der Waals surface area (Å²) in [4.78, 5) is 26.5. The lowest BCUT2D eigenvalue weighted by molar-refractivity contribution is -0.138. The first-order valence-corrected chi connectivity index (χ1v) is 6.29.